The Labute approximate surface area is 92.8 Å². The van der Waals surface area contributed by atoms with Gasteiger partial charge in [0, 0.05) is 13.1 Å². The van der Waals surface area contributed by atoms with Crippen molar-refractivity contribution < 1.29 is 18.0 Å². The molecule has 0 heterocycles. The lowest BCUT2D eigenvalue weighted by atomic mass is 10.1. The van der Waals surface area contributed by atoms with Crippen molar-refractivity contribution in [1.82, 2.24) is 4.90 Å². The van der Waals surface area contributed by atoms with E-state index in [1.165, 1.54) is 0 Å². The standard InChI is InChI=1S/C9H18F3N3O/c1-6(2)4-15(5-8(14)16)7(3-13)9(10,11)12/h6-7H,3-5,13H2,1-2H3,(H2,14,16). The summed E-state index contributed by atoms with van der Waals surface area (Å²) >= 11 is 0. The van der Waals surface area contributed by atoms with Gasteiger partial charge in [-0.15, -0.1) is 0 Å². The second-order valence-electron chi connectivity index (χ2n) is 4.08. The summed E-state index contributed by atoms with van der Waals surface area (Å²) in [7, 11) is 0. The van der Waals surface area contributed by atoms with Gasteiger partial charge >= 0.3 is 6.18 Å². The molecule has 0 aromatic rings. The zero-order valence-corrected chi connectivity index (χ0v) is 9.42. The fourth-order valence-electron chi connectivity index (χ4n) is 1.46. The number of nitrogens with two attached hydrogens (primary N) is 2. The van der Waals surface area contributed by atoms with Gasteiger partial charge in [-0.1, -0.05) is 13.8 Å². The first-order valence-electron chi connectivity index (χ1n) is 4.97. The molecule has 1 amide bonds. The average Bonchev–Trinajstić information content (AvgIpc) is 1.99. The van der Waals surface area contributed by atoms with Gasteiger partial charge in [-0.05, 0) is 5.92 Å². The van der Waals surface area contributed by atoms with Crippen molar-refractivity contribution in [1.29, 1.82) is 0 Å². The highest BCUT2D eigenvalue weighted by Crippen LogP contribution is 2.24. The second kappa shape index (κ2) is 6.05. The monoisotopic (exact) mass is 241 g/mol. The van der Waals surface area contributed by atoms with Crippen LogP contribution in [0.5, 0.6) is 0 Å². The second-order valence-corrected chi connectivity index (χ2v) is 4.08. The molecule has 7 heteroatoms. The van der Waals surface area contributed by atoms with Crippen molar-refractivity contribution in [2.24, 2.45) is 17.4 Å². The van der Waals surface area contributed by atoms with Crippen molar-refractivity contribution >= 4 is 5.91 Å². The van der Waals surface area contributed by atoms with E-state index in [0.29, 0.717) is 0 Å². The molecule has 0 spiro atoms. The largest absolute Gasteiger partial charge is 0.405 e. The first-order valence-corrected chi connectivity index (χ1v) is 4.97. The fraction of sp³-hybridized carbons (Fsp3) is 0.889. The summed E-state index contributed by atoms with van der Waals surface area (Å²) < 4.78 is 37.8. The predicted octanol–water partition coefficient (Wildman–Crippen LogP) is 0.319. The van der Waals surface area contributed by atoms with E-state index in [1.807, 2.05) is 0 Å². The van der Waals surface area contributed by atoms with Gasteiger partial charge in [0.05, 0.1) is 6.54 Å². The minimum Gasteiger partial charge on any atom is -0.369 e. The molecule has 0 aromatic carbocycles. The Morgan fingerprint density at radius 2 is 1.88 bits per heavy atom. The van der Waals surface area contributed by atoms with Gasteiger partial charge in [0.15, 0.2) is 0 Å². The lowest BCUT2D eigenvalue weighted by molar-refractivity contribution is -0.182. The number of hydrogen-bond donors (Lipinski definition) is 2. The molecule has 0 saturated carbocycles. The molecule has 0 saturated heterocycles. The summed E-state index contributed by atoms with van der Waals surface area (Å²) in [5.74, 6) is -0.793. The normalized spacial score (nSPS) is 14.5. The molecule has 0 aliphatic rings. The number of hydrogen-bond acceptors (Lipinski definition) is 3. The van der Waals surface area contributed by atoms with Crippen LogP contribution >= 0.6 is 0 Å². The Hall–Kier alpha value is -0.820. The van der Waals surface area contributed by atoms with E-state index in [9.17, 15) is 18.0 Å². The molecule has 16 heavy (non-hydrogen) atoms. The molecule has 4 nitrogen and oxygen atoms in total. The Balaban J connectivity index is 4.75. The first-order chi connectivity index (χ1) is 7.18. The van der Waals surface area contributed by atoms with Crippen molar-refractivity contribution in [2.45, 2.75) is 26.1 Å². The molecule has 0 aliphatic heterocycles. The summed E-state index contributed by atoms with van der Waals surface area (Å²) in [5.41, 5.74) is 10.0. The Morgan fingerprint density at radius 1 is 1.38 bits per heavy atom. The van der Waals surface area contributed by atoms with Crippen LogP contribution in [-0.4, -0.2) is 42.7 Å². The smallest absolute Gasteiger partial charge is 0.369 e. The summed E-state index contributed by atoms with van der Waals surface area (Å²) in [6.45, 7) is 2.64. The third kappa shape index (κ3) is 5.32. The lowest BCUT2D eigenvalue weighted by Gasteiger charge is -2.32. The molecule has 0 fully saturated rings. The highest BCUT2D eigenvalue weighted by Gasteiger charge is 2.42. The molecule has 0 aromatic heterocycles. The van der Waals surface area contributed by atoms with Gasteiger partial charge in [0.1, 0.15) is 6.04 Å². The third-order valence-electron chi connectivity index (χ3n) is 2.00. The number of alkyl halides is 3. The summed E-state index contributed by atoms with van der Waals surface area (Å²) in [6, 6.07) is -1.82. The van der Waals surface area contributed by atoms with Crippen LogP contribution in [0.3, 0.4) is 0 Å². The fourth-order valence-corrected chi connectivity index (χ4v) is 1.46. The molecule has 0 radical (unpaired) electrons. The number of amides is 1. The minimum absolute atomic E-state index is 0.00394. The maximum atomic E-state index is 12.6. The van der Waals surface area contributed by atoms with E-state index in [2.05, 4.69) is 0 Å². The van der Waals surface area contributed by atoms with Gasteiger partial charge in [0.2, 0.25) is 5.91 Å². The summed E-state index contributed by atoms with van der Waals surface area (Å²) in [5, 5.41) is 0. The van der Waals surface area contributed by atoms with Crippen LogP contribution in [0.1, 0.15) is 13.8 Å². The van der Waals surface area contributed by atoms with Crippen LogP contribution in [-0.2, 0) is 4.79 Å². The zero-order valence-electron chi connectivity index (χ0n) is 9.42. The van der Waals surface area contributed by atoms with Gasteiger partial charge in [-0.2, -0.15) is 13.2 Å². The van der Waals surface area contributed by atoms with Crippen LogP contribution in [0, 0.1) is 5.92 Å². The highest BCUT2D eigenvalue weighted by atomic mass is 19.4. The van der Waals surface area contributed by atoms with E-state index in [1.54, 1.807) is 13.8 Å². The quantitative estimate of drug-likeness (QED) is 0.703. The summed E-state index contributed by atoms with van der Waals surface area (Å²) in [6.07, 6.45) is -4.45. The van der Waals surface area contributed by atoms with Gasteiger partial charge < -0.3 is 11.5 Å². The maximum absolute atomic E-state index is 12.6. The summed E-state index contributed by atoms with van der Waals surface area (Å²) in [4.78, 5) is 11.7. The number of halogens is 3. The number of carbonyl (C=O) groups excluding carboxylic acids is 1. The zero-order chi connectivity index (χ0) is 12.9. The van der Waals surface area contributed by atoms with Crippen LogP contribution < -0.4 is 11.5 Å². The van der Waals surface area contributed by atoms with Crippen molar-refractivity contribution in [3.05, 3.63) is 0 Å². The minimum atomic E-state index is -4.45. The molecule has 1 unspecified atom stereocenters. The van der Waals surface area contributed by atoms with E-state index in [4.69, 9.17) is 11.5 Å². The van der Waals surface area contributed by atoms with Gasteiger partial charge in [0.25, 0.3) is 0 Å². The van der Waals surface area contributed by atoms with Crippen LogP contribution in [0.2, 0.25) is 0 Å². The third-order valence-corrected chi connectivity index (χ3v) is 2.00. The predicted molar refractivity (Wildman–Crippen MR) is 54.5 cm³/mol. The SMILES string of the molecule is CC(C)CN(CC(N)=O)C(CN)C(F)(F)F. The highest BCUT2D eigenvalue weighted by molar-refractivity contribution is 5.76. The topological polar surface area (TPSA) is 72.3 Å². The van der Waals surface area contributed by atoms with Crippen LogP contribution in [0.4, 0.5) is 13.2 Å². The maximum Gasteiger partial charge on any atom is 0.405 e. The Bertz CT molecular complexity index is 231. The van der Waals surface area contributed by atoms with Gasteiger partial charge in [-0.25, -0.2) is 0 Å². The van der Waals surface area contributed by atoms with E-state index < -0.39 is 31.2 Å². The van der Waals surface area contributed by atoms with E-state index in [0.717, 1.165) is 4.90 Å². The average molecular weight is 241 g/mol. The van der Waals surface area contributed by atoms with E-state index >= 15 is 0 Å². The molecular formula is C9H18F3N3O. The molecule has 1 atom stereocenters. The molecule has 4 N–H and O–H groups in total. The number of carbonyl (C=O) groups is 1. The molecule has 0 bridgehead atoms. The first kappa shape index (κ1) is 15.2. The Kier molecular flexibility index (Phi) is 5.74. The molecule has 0 aliphatic carbocycles. The Morgan fingerprint density at radius 3 is 2.12 bits per heavy atom. The van der Waals surface area contributed by atoms with Crippen molar-refractivity contribution in [3.8, 4) is 0 Å². The number of primary amides is 1. The molecule has 96 valence electrons. The van der Waals surface area contributed by atoms with E-state index in [-0.39, 0.29) is 12.5 Å². The van der Waals surface area contributed by atoms with Gasteiger partial charge in [-0.3, -0.25) is 9.69 Å². The van der Waals surface area contributed by atoms with Crippen LogP contribution in [0.25, 0.3) is 0 Å². The van der Waals surface area contributed by atoms with Crippen molar-refractivity contribution in [3.63, 3.8) is 0 Å². The number of nitrogens with zero attached hydrogens (tertiary/aromatic N) is 1. The molecular weight excluding hydrogens is 223 g/mol. The number of rotatable bonds is 6. The van der Waals surface area contributed by atoms with Crippen LogP contribution in [0.15, 0.2) is 0 Å². The lowest BCUT2D eigenvalue weighted by Crippen LogP contribution is -2.53. The van der Waals surface area contributed by atoms with Crippen molar-refractivity contribution in [2.75, 3.05) is 19.6 Å². The molecule has 0 rings (SSSR count).